The molecule has 0 aliphatic rings. The minimum absolute atomic E-state index is 0.271. The van der Waals surface area contributed by atoms with Crippen LogP contribution < -0.4 is 5.32 Å². The van der Waals surface area contributed by atoms with E-state index in [0.717, 1.165) is 12.3 Å². The Balaban J connectivity index is 2.67. The van der Waals surface area contributed by atoms with Gasteiger partial charge in [-0.2, -0.15) is 4.39 Å². The molecule has 0 atom stereocenters. The van der Waals surface area contributed by atoms with E-state index in [1.54, 1.807) is 14.0 Å². The first-order valence-electron chi connectivity index (χ1n) is 5.29. The lowest BCUT2D eigenvalue weighted by molar-refractivity contribution is -0.128. The number of rotatable bonds is 4. The van der Waals surface area contributed by atoms with Gasteiger partial charge in [0.2, 0.25) is 11.9 Å². The summed E-state index contributed by atoms with van der Waals surface area (Å²) in [6, 6.07) is 1.04. The molecular formula is C11H13F2N3O2. The Morgan fingerprint density at radius 1 is 1.44 bits per heavy atom. The maximum absolute atomic E-state index is 13.2. The van der Waals surface area contributed by atoms with Crippen LogP contribution in [0.1, 0.15) is 17.3 Å². The second kappa shape index (κ2) is 6.04. The third-order valence-electron chi connectivity index (χ3n) is 2.39. The van der Waals surface area contributed by atoms with Crippen LogP contribution in [0.3, 0.4) is 0 Å². The fourth-order valence-electron chi connectivity index (χ4n) is 1.16. The summed E-state index contributed by atoms with van der Waals surface area (Å²) in [5.74, 6) is -3.85. The van der Waals surface area contributed by atoms with Gasteiger partial charge in [-0.3, -0.25) is 9.59 Å². The van der Waals surface area contributed by atoms with Crippen molar-refractivity contribution in [2.45, 2.75) is 6.92 Å². The average molecular weight is 257 g/mol. The van der Waals surface area contributed by atoms with E-state index in [4.69, 9.17) is 0 Å². The van der Waals surface area contributed by atoms with Crippen molar-refractivity contribution < 1.29 is 18.4 Å². The predicted molar refractivity (Wildman–Crippen MR) is 59.8 cm³/mol. The van der Waals surface area contributed by atoms with Crippen molar-refractivity contribution in [1.82, 2.24) is 15.2 Å². The number of halogens is 2. The Labute approximate surface area is 103 Å². The van der Waals surface area contributed by atoms with Crippen molar-refractivity contribution in [2.24, 2.45) is 0 Å². The monoisotopic (exact) mass is 257 g/mol. The van der Waals surface area contributed by atoms with Gasteiger partial charge in [-0.25, -0.2) is 9.37 Å². The van der Waals surface area contributed by atoms with Gasteiger partial charge in [0.25, 0.3) is 5.91 Å². The fourth-order valence-corrected chi connectivity index (χ4v) is 1.16. The molecule has 1 rings (SSSR count). The Hall–Kier alpha value is -2.05. The van der Waals surface area contributed by atoms with E-state index >= 15 is 0 Å². The van der Waals surface area contributed by atoms with E-state index in [0.29, 0.717) is 6.54 Å². The standard InChI is InChI=1S/C11H13F2N3O2/c1-3-16(2)8(17)6-15-11(18)7-4-5-14-10(13)9(7)12/h4-5H,3,6H2,1-2H3,(H,15,18). The van der Waals surface area contributed by atoms with Crippen LogP contribution in [-0.2, 0) is 4.79 Å². The van der Waals surface area contributed by atoms with E-state index in [9.17, 15) is 18.4 Å². The minimum Gasteiger partial charge on any atom is -0.345 e. The largest absolute Gasteiger partial charge is 0.345 e. The molecule has 1 aromatic heterocycles. The highest BCUT2D eigenvalue weighted by atomic mass is 19.2. The fraction of sp³-hybridized carbons (Fsp3) is 0.364. The Bertz CT molecular complexity index is 466. The van der Waals surface area contributed by atoms with Crippen LogP contribution in [0.25, 0.3) is 0 Å². The third-order valence-corrected chi connectivity index (χ3v) is 2.39. The van der Waals surface area contributed by atoms with E-state index in [-0.39, 0.29) is 12.5 Å². The SMILES string of the molecule is CCN(C)C(=O)CNC(=O)c1ccnc(F)c1F. The molecule has 0 aliphatic heterocycles. The van der Waals surface area contributed by atoms with Crippen LogP contribution in [0.5, 0.6) is 0 Å². The highest BCUT2D eigenvalue weighted by Crippen LogP contribution is 2.08. The molecule has 0 saturated heterocycles. The van der Waals surface area contributed by atoms with Crippen LogP contribution in [0.15, 0.2) is 12.3 Å². The zero-order valence-electron chi connectivity index (χ0n) is 10.0. The summed E-state index contributed by atoms with van der Waals surface area (Å²) in [7, 11) is 1.57. The van der Waals surface area contributed by atoms with Gasteiger partial charge < -0.3 is 10.2 Å². The molecule has 1 aromatic rings. The normalized spacial score (nSPS) is 10.0. The number of hydrogen-bond acceptors (Lipinski definition) is 3. The molecule has 0 unspecified atom stereocenters. The summed E-state index contributed by atoms with van der Waals surface area (Å²) >= 11 is 0. The molecular weight excluding hydrogens is 244 g/mol. The molecule has 2 amide bonds. The van der Waals surface area contributed by atoms with E-state index in [2.05, 4.69) is 10.3 Å². The molecule has 98 valence electrons. The van der Waals surface area contributed by atoms with E-state index in [1.807, 2.05) is 0 Å². The molecule has 5 nitrogen and oxygen atoms in total. The van der Waals surface area contributed by atoms with E-state index < -0.39 is 23.2 Å². The number of likely N-dealkylation sites (N-methyl/N-ethyl adjacent to an activating group) is 1. The molecule has 0 aromatic carbocycles. The van der Waals surface area contributed by atoms with Gasteiger partial charge in [0.1, 0.15) is 0 Å². The van der Waals surface area contributed by atoms with Crippen LogP contribution in [0.2, 0.25) is 0 Å². The van der Waals surface area contributed by atoms with Crippen LogP contribution in [0, 0.1) is 11.8 Å². The van der Waals surface area contributed by atoms with Crippen LogP contribution in [-0.4, -0.2) is 41.8 Å². The molecule has 0 radical (unpaired) electrons. The van der Waals surface area contributed by atoms with Gasteiger partial charge in [0.15, 0.2) is 5.82 Å². The summed E-state index contributed by atoms with van der Waals surface area (Å²) < 4.78 is 26.0. The smallest absolute Gasteiger partial charge is 0.254 e. The topological polar surface area (TPSA) is 62.3 Å². The zero-order valence-corrected chi connectivity index (χ0v) is 10.0. The molecule has 18 heavy (non-hydrogen) atoms. The minimum atomic E-state index is -1.35. The number of carbonyl (C=O) groups is 2. The maximum atomic E-state index is 13.2. The second-order valence-electron chi connectivity index (χ2n) is 3.55. The van der Waals surface area contributed by atoms with Crippen molar-refractivity contribution in [2.75, 3.05) is 20.1 Å². The van der Waals surface area contributed by atoms with Gasteiger partial charge in [0.05, 0.1) is 12.1 Å². The number of aromatic nitrogens is 1. The average Bonchev–Trinajstić information content (AvgIpc) is 2.37. The first-order valence-corrected chi connectivity index (χ1v) is 5.29. The number of nitrogens with one attached hydrogen (secondary N) is 1. The van der Waals surface area contributed by atoms with Crippen molar-refractivity contribution in [3.8, 4) is 0 Å². The lowest BCUT2D eigenvalue weighted by Crippen LogP contribution is -2.38. The summed E-state index contributed by atoms with van der Waals surface area (Å²) in [4.78, 5) is 27.4. The number of amides is 2. The molecule has 7 heteroatoms. The lowest BCUT2D eigenvalue weighted by Gasteiger charge is -2.14. The third kappa shape index (κ3) is 3.22. The molecule has 1 heterocycles. The summed E-state index contributed by atoms with van der Waals surface area (Å²) in [5, 5.41) is 2.22. The lowest BCUT2D eigenvalue weighted by atomic mass is 10.2. The van der Waals surface area contributed by atoms with Gasteiger partial charge in [0, 0.05) is 19.8 Å². The zero-order chi connectivity index (χ0) is 13.7. The molecule has 0 saturated carbocycles. The summed E-state index contributed by atoms with van der Waals surface area (Å²) in [6.07, 6.45) is 0.979. The molecule has 0 bridgehead atoms. The highest BCUT2D eigenvalue weighted by molar-refractivity contribution is 5.96. The summed E-state index contributed by atoms with van der Waals surface area (Å²) in [5.41, 5.74) is -0.477. The highest BCUT2D eigenvalue weighted by Gasteiger charge is 2.17. The maximum Gasteiger partial charge on any atom is 0.254 e. The van der Waals surface area contributed by atoms with Gasteiger partial charge in [-0.15, -0.1) is 0 Å². The first-order chi connectivity index (χ1) is 8.47. The Morgan fingerprint density at radius 2 is 2.11 bits per heavy atom. The number of pyridine rings is 1. The summed E-state index contributed by atoms with van der Waals surface area (Å²) in [6.45, 7) is 2.00. The first kappa shape index (κ1) is 14.0. The molecule has 0 spiro atoms. The Kier molecular flexibility index (Phi) is 4.70. The van der Waals surface area contributed by atoms with E-state index in [1.165, 1.54) is 4.90 Å². The number of carbonyl (C=O) groups excluding carboxylic acids is 2. The van der Waals surface area contributed by atoms with Crippen molar-refractivity contribution in [3.05, 3.63) is 29.6 Å². The molecule has 0 fully saturated rings. The van der Waals surface area contributed by atoms with Crippen molar-refractivity contribution in [1.29, 1.82) is 0 Å². The molecule has 1 N–H and O–H groups in total. The predicted octanol–water partition coefficient (Wildman–Crippen LogP) is 0.568. The quantitative estimate of drug-likeness (QED) is 0.802. The van der Waals surface area contributed by atoms with Crippen molar-refractivity contribution >= 4 is 11.8 Å². The van der Waals surface area contributed by atoms with Crippen LogP contribution >= 0.6 is 0 Å². The van der Waals surface area contributed by atoms with Gasteiger partial charge in [-0.1, -0.05) is 0 Å². The van der Waals surface area contributed by atoms with Crippen LogP contribution in [0.4, 0.5) is 8.78 Å². The van der Waals surface area contributed by atoms with Gasteiger partial charge >= 0.3 is 0 Å². The molecule has 0 aliphatic carbocycles. The van der Waals surface area contributed by atoms with Crippen molar-refractivity contribution in [3.63, 3.8) is 0 Å². The second-order valence-corrected chi connectivity index (χ2v) is 3.55. The van der Waals surface area contributed by atoms with Gasteiger partial charge in [-0.05, 0) is 13.0 Å². The Morgan fingerprint density at radius 3 is 2.72 bits per heavy atom. The number of hydrogen-bond donors (Lipinski definition) is 1. The number of nitrogens with zero attached hydrogens (tertiary/aromatic N) is 2.